The molecule has 0 aliphatic rings. The van der Waals surface area contributed by atoms with Crippen molar-refractivity contribution in [3.8, 4) is 0 Å². The van der Waals surface area contributed by atoms with Crippen molar-refractivity contribution in [1.29, 1.82) is 0 Å². The second-order valence-electron chi connectivity index (χ2n) is 7.00. The number of aryl methyl sites for hydroxylation is 2. The van der Waals surface area contributed by atoms with Crippen LogP contribution in [0.25, 0.3) is 0 Å². The van der Waals surface area contributed by atoms with Crippen molar-refractivity contribution in [1.82, 2.24) is 9.88 Å². The average molecular weight is 396 g/mol. The van der Waals surface area contributed by atoms with Crippen molar-refractivity contribution >= 4 is 17.7 Å². The number of Topliss-reactive ketones (excluding diaryl/α,β-unsaturated/α-hetero) is 1. The van der Waals surface area contributed by atoms with Gasteiger partial charge in [-0.25, -0.2) is 4.79 Å². The minimum atomic E-state index is -0.731. The highest BCUT2D eigenvalue weighted by Crippen LogP contribution is 2.23. The van der Waals surface area contributed by atoms with E-state index < -0.39 is 12.0 Å². The van der Waals surface area contributed by atoms with Crippen LogP contribution >= 0.6 is 0 Å². The molecular formula is C23H28N2O4. The third kappa shape index (κ3) is 4.65. The van der Waals surface area contributed by atoms with Crippen molar-refractivity contribution in [3.05, 3.63) is 70.6 Å². The van der Waals surface area contributed by atoms with Crippen LogP contribution in [0.4, 0.5) is 0 Å². The van der Waals surface area contributed by atoms with Crippen LogP contribution in [-0.2, 0) is 4.74 Å². The summed E-state index contributed by atoms with van der Waals surface area (Å²) >= 11 is 0. The van der Waals surface area contributed by atoms with Gasteiger partial charge in [0, 0.05) is 23.4 Å². The van der Waals surface area contributed by atoms with E-state index in [2.05, 4.69) is 11.6 Å². The summed E-state index contributed by atoms with van der Waals surface area (Å²) in [5, 5.41) is 0. The lowest BCUT2D eigenvalue weighted by Crippen LogP contribution is -2.43. The largest absolute Gasteiger partial charge is 0.461 e. The van der Waals surface area contributed by atoms with E-state index in [9.17, 15) is 14.4 Å². The number of aromatic nitrogens is 1. The topological polar surface area (TPSA) is 79.5 Å². The van der Waals surface area contributed by atoms with Gasteiger partial charge in [0.1, 0.15) is 5.69 Å². The molecule has 0 spiro atoms. The van der Waals surface area contributed by atoms with Gasteiger partial charge >= 0.3 is 5.97 Å². The van der Waals surface area contributed by atoms with E-state index in [1.165, 1.54) is 4.90 Å². The first-order valence-electron chi connectivity index (χ1n) is 9.61. The number of hydrogen-bond donors (Lipinski definition) is 1. The van der Waals surface area contributed by atoms with Crippen molar-refractivity contribution in [3.63, 3.8) is 0 Å². The number of nitrogens with zero attached hydrogens (tertiary/aromatic N) is 1. The fraction of sp³-hybridized carbons (Fsp3) is 0.348. The Morgan fingerprint density at radius 1 is 1.17 bits per heavy atom. The van der Waals surface area contributed by atoms with Crippen molar-refractivity contribution in [2.24, 2.45) is 0 Å². The number of amides is 1. The zero-order valence-electron chi connectivity index (χ0n) is 17.7. The number of carbonyl (C=O) groups is 3. The van der Waals surface area contributed by atoms with Gasteiger partial charge in [0.2, 0.25) is 0 Å². The minimum absolute atomic E-state index is 0.229. The molecule has 6 nitrogen and oxygen atoms in total. The molecule has 0 aliphatic carbocycles. The fourth-order valence-electron chi connectivity index (χ4n) is 3.30. The predicted molar refractivity (Wildman–Crippen MR) is 112 cm³/mol. The van der Waals surface area contributed by atoms with E-state index in [1.807, 2.05) is 19.1 Å². The maximum absolute atomic E-state index is 13.3. The lowest BCUT2D eigenvalue weighted by atomic mass is 9.99. The van der Waals surface area contributed by atoms with Crippen LogP contribution in [0.2, 0.25) is 0 Å². The third-order valence-corrected chi connectivity index (χ3v) is 4.90. The molecule has 0 aliphatic heterocycles. The molecule has 1 N–H and O–H groups in total. The number of benzene rings is 1. The van der Waals surface area contributed by atoms with E-state index in [0.717, 1.165) is 5.56 Å². The first kappa shape index (κ1) is 22.1. The summed E-state index contributed by atoms with van der Waals surface area (Å²) in [5.41, 5.74) is 3.33. The van der Waals surface area contributed by atoms with Gasteiger partial charge < -0.3 is 14.6 Å². The molecule has 0 fully saturated rings. The van der Waals surface area contributed by atoms with E-state index in [4.69, 9.17) is 4.74 Å². The molecule has 154 valence electrons. The van der Waals surface area contributed by atoms with Gasteiger partial charge in [0.25, 0.3) is 5.91 Å². The molecule has 0 saturated heterocycles. The monoisotopic (exact) mass is 396 g/mol. The summed E-state index contributed by atoms with van der Waals surface area (Å²) in [6.45, 7) is 13.0. The van der Waals surface area contributed by atoms with Gasteiger partial charge in [0.15, 0.2) is 5.78 Å². The van der Waals surface area contributed by atoms with Crippen LogP contribution in [0.5, 0.6) is 0 Å². The van der Waals surface area contributed by atoms with Crippen molar-refractivity contribution in [2.45, 2.75) is 40.7 Å². The number of ketones is 1. The van der Waals surface area contributed by atoms with Gasteiger partial charge in [-0.1, -0.05) is 23.8 Å². The summed E-state index contributed by atoms with van der Waals surface area (Å²) in [4.78, 5) is 42.9. The summed E-state index contributed by atoms with van der Waals surface area (Å²) in [7, 11) is 0. The Kier molecular flexibility index (Phi) is 7.15. The number of nitrogens with one attached hydrogen (secondary N) is 1. The molecule has 0 saturated carbocycles. The summed E-state index contributed by atoms with van der Waals surface area (Å²) in [6, 6.07) is 6.48. The number of esters is 1. The highest BCUT2D eigenvalue weighted by molar-refractivity contribution is 6.07. The third-order valence-electron chi connectivity index (χ3n) is 4.90. The molecule has 1 atom stereocenters. The summed E-state index contributed by atoms with van der Waals surface area (Å²) < 4.78 is 5.05. The second kappa shape index (κ2) is 9.37. The van der Waals surface area contributed by atoms with Crippen molar-refractivity contribution < 1.29 is 19.1 Å². The predicted octanol–water partition coefficient (Wildman–Crippen LogP) is 4.02. The highest BCUT2D eigenvalue weighted by Gasteiger charge is 2.31. The Balaban J connectivity index is 2.37. The molecule has 2 rings (SSSR count). The fourth-order valence-corrected chi connectivity index (χ4v) is 3.30. The maximum Gasteiger partial charge on any atom is 0.355 e. The van der Waals surface area contributed by atoms with Crippen LogP contribution in [0.1, 0.15) is 61.9 Å². The molecule has 1 aromatic carbocycles. The molecule has 6 heteroatoms. The standard InChI is InChI=1S/C23H28N2O4/c1-7-13-25(22(27)18-11-9-14(3)10-12-18)17(6)21(26)19-15(4)20(24-16(19)5)23(28)29-8-2/h7,9-12,17,24H,1,8,13H2,2-6H3/t17-/m1/s1. The maximum atomic E-state index is 13.3. The first-order chi connectivity index (χ1) is 13.7. The second-order valence-corrected chi connectivity index (χ2v) is 7.00. The molecular weight excluding hydrogens is 368 g/mol. The van der Waals surface area contributed by atoms with E-state index >= 15 is 0 Å². The lowest BCUT2D eigenvalue weighted by molar-refractivity contribution is 0.0519. The van der Waals surface area contributed by atoms with Crippen molar-refractivity contribution in [2.75, 3.05) is 13.2 Å². The quantitative estimate of drug-likeness (QED) is 0.415. The van der Waals surface area contributed by atoms with Gasteiger partial charge in [-0.05, 0) is 52.3 Å². The van der Waals surface area contributed by atoms with Crippen LogP contribution < -0.4 is 0 Å². The normalized spacial score (nSPS) is 11.6. The molecule has 0 radical (unpaired) electrons. The molecule has 29 heavy (non-hydrogen) atoms. The van der Waals surface area contributed by atoms with Gasteiger partial charge in [0.05, 0.1) is 12.6 Å². The lowest BCUT2D eigenvalue weighted by Gasteiger charge is -2.27. The SMILES string of the molecule is C=CCN(C(=O)c1ccc(C)cc1)[C@H](C)C(=O)c1c(C)[nH]c(C(=O)OCC)c1C. The summed E-state index contributed by atoms with van der Waals surface area (Å²) in [5.74, 6) is -0.991. The van der Waals surface area contributed by atoms with Crippen LogP contribution in [0.3, 0.4) is 0 Å². The molecule has 2 aromatic rings. The number of ether oxygens (including phenoxy) is 1. The Hall–Kier alpha value is -3.15. The number of hydrogen-bond acceptors (Lipinski definition) is 4. The Bertz CT molecular complexity index is 925. The summed E-state index contributed by atoms with van der Waals surface area (Å²) in [6.07, 6.45) is 1.59. The van der Waals surface area contributed by atoms with Gasteiger partial charge in [-0.2, -0.15) is 0 Å². The van der Waals surface area contributed by atoms with Crippen LogP contribution in [0.15, 0.2) is 36.9 Å². The number of aromatic amines is 1. The zero-order valence-corrected chi connectivity index (χ0v) is 17.7. The highest BCUT2D eigenvalue weighted by atomic mass is 16.5. The smallest absolute Gasteiger partial charge is 0.355 e. The molecule has 1 heterocycles. The van der Waals surface area contributed by atoms with E-state index in [1.54, 1.807) is 45.9 Å². The van der Waals surface area contributed by atoms with Crippen LogP contribution in [0, 0.1) is 20.8 Å². The Morgan fingerprint density at radius 3 is 2.34 bits per heavy atom. The number of rotatable bonds is 8. The van der Waals surface area contributed by atoms with Gasteiger partial charge in [-0.3, -0.25) is 9.59 Å². The van der Waals surface area contributed by atoms with E-state index in [-0.39, 0.29) is 30.5 Å². The first-order valence-corrected chi connectivity index (χ1v) is 9.61. The minimum Gasteiger partial charge on any atom is -0.461 e. The Labute approximate surface area is 171 Å². The van der Waals surface area contributed by atoms with Crippen LogP contribution in [-0.4, -0.2) is 46.7 Å². The number of H-pyrrole nitrogens is 1. The Morgan fingerprint density at radius 2 is 1.79 bits per heavy atom. The zero-order chi connectivity index (χ0) is 21.7. The molecule has 0 unspecified atom stereocenters. The van der Waals surface area contributed by atoms with E-state index in [0.29, 0.717) is 22.4 Å². The molecule has 1 aromatic heterocycles. The number of carbonyl (C=O) groups excluding carboxylic acids is 3. The average Bonchev–Trinajstić information content (AvgIpc) is 2.99. The van der Waals surface area contributed by atoms with Gasteiger partial charge in [-0.15, -0.1) is 6.58 Å². The molecule has 0 bridgehead atoms. The molecule has 1 amide bonds.